The summed E-state index contributed by atoms with van der Waals surface area (Å²) in [5, 5.41) is 6.58. The molecule has 2 aromatic heterocycles. The smallest absolute Gasteiger partial charge is 0.206 e. The summed E-state index contributed by atoms with van der Waals surface area (Å²) in [6.45, 7) is 1.14. The van der Waals surface area contributed by atoms with Crippen molar-refractivity contribution in [3.05, 3.63) is 58.4 Å². The minimum atomic E-state index is 0.566. The summed E-state index contributed by atoms with van der Waals surface area (Å²) < 4.78 is 17.5. The van der Waals surface area contributed by atoms with E-state index in [1.54, 1.807) is 31.4 Å². The maximum atomic E-state index is 5.51. The first-order chi connectivity index (χ1) is 12.3. The lowest BCUT2D eigenvalue weighted by molar-refractivity contribution is 0.207. The van der Waals surface area contributed by atoms with E-state index in [4.69, 9.17) is 13.9 Å². The fraction of sp³-hybridized carbons (Fsp3) is 0.222. The van der Waals surface area contributed by atoms with Gasteiger partial charge in [-0.05, 0) is 42.0 Å². The Morgan fingerprint density at radius 2 is 2.04 bits per heavy atom. The molecular formula is C18H19N3O3S. The van der Waals surface area contributed by atoms with Gasteiger partial charge in [-0.15, -0.1) is 11.3 Å². The fourth-order valence-electron chi connectivity index (χ4n) is 2.16. The number of hydrogen-bond acceptors (Lipinski definition) is 6. The number of thiazole rings is 1. The number of rotatable bonds is 7. The number of hydrogen-bond donors (Lipinski definition) is 0. The Balaban J connectivity index is 1.95. The van der Waals surface area contributed by atoms with Gasteiger partial charge in [-0.2, -0.15) is 5.10 Å². The molecule has 0 atom stereocenters. The largest absolute Gasteiger partial charge is 0.497 e. The molecule has 0 saturated heterocycles. The normalized spacial score (nSPS) is 12.2. The molecule has 25 heavy (non-hydrogen) atoms. The Morgan fingerprint density at radius 1 is 1.20 bits per heavy atom. The number of benzene rings is 1. The predicted molar refractivity (Wildman–Crippen MR) is 98.3 cm³/mol. The van der Waals surface area contributed by atoms with Crippen LogP contribution in [0.3, 0.4) is 0 Å². The zero-order chi connectivity index (χ0) is 17.5. The molecule has 0 aliphatic carbocycles. The maximum absolute atomic E-state index is 5.51. The summed E-state index contributed by atoms with van der Waals surface area (Å²) in [7, 11) is 3.31. The van der Waals surface area contributed by atoms with Crippen LogP contribution in [0.15, 0.2) is 62.6 Å². The van der Waals surface area contributed by atoms with E-state index in [0.29, 0.717) is 13.2 Å². The molecule has 0 saturated carbocycles. The second-order valence-electron chi connectivity index (χ2n) is 5.08. The number of furan rings is 1. The van der Waals surface area contributed by atoms with Crippen molar-refractivity contribution in [2.24, 2.45) is 10.1 Å². The molecule has 3 rings (SSSR count). The van der Waals surface area contributed by atoms with Crippen LogP contribution >= 0.6 is 11.3 Å². The van der Waals surface area contributed by atoms with Crippen LogP contribution in [0.5, 0.6) is 5.75 Å². The molecule has 7 heteroatoms. The third-order valence-corrected chi connectivity index (χ3v) is 4.29. The van der Waals surface area contributed by atoms with Gasteiger partial charge < -0.3 is 13.9 Å². The third-order valence-electron chi connectivity index (χ3n) is 3.44. The Morgan fingerprint density at radius 3 is 2.72 bits per heavy atom. The number of aromatic nitrogens is 1. The lowest BCUT2D eigenvalue weighted by atomic mass is 10.2. The monoisotopic (exact) mass is 357 g/mol. The van der Waals surface area contributed by atoms with Crippen molar-refractivity contribution in [3.8, 4) is 17.2 Å². The summed E-state index contributed by atoms with van der Waals surface area (Å²) in [5.74, 6) is 1.56. The van der Waals surface area contributed by atoms with Gasteiger partial charge in [0.05, 0.1) is 32.7 Å². The highest BCUT2D eigenvalue weighted by Crippen LogP contribution is 2.20. The van der Waals surface area contributed by atoms with Gasteiger partial charge >= 0.3 is 0 Å². The van der Waals surface area contributed by atoms with E-state index in [1.165, 1.54) is 11.3 Å². The Hall–Kier alpha value is -2.64. The van der Waals surface area contributed by atoms with Crippen LogP contribution in [-0.2, 0) is 4.74 Å². The van der Waals surface area contributed by atoms with E-state index in [-0.39, 0.29) is 0 Å². The molecule has 1 aromatic carbocycles. The maximum Gasteiger partial charge on any atom is 0.206 e. The van der Waals surface area contributed by atoms with Crippen LogP contribution in [0, 0.1) is 0 Å². The number of nitrogens with zero attached hydrogens (tertiary/aromatic N) is 3. The van der Waals surface area contributed by atoms with Crippen LogP contribution in [-0.4, -0.2) is 38.3 Å². The van der Waals surface area contributed by atoms with Crippen molar-refractivity contribution in [1.29, 1.82) is 0 Å². The molecule has 0 aliphatic heterocycles. The SMILES string of the molecule is COCCN=c1scc(-c2ccco2)n1N=Cc1ccc(OC)cc1. The van der Waals surface area contributed by atoms with Crippen molar-refractivity contribution >= 4 is 17.6 Å². The van der Waals surface area contributed by atoms with Crippen LogP contribution < -0.4 is 9.54 Å². The van der Waals surface area contributed by atoms with E-state index in [0.717, 1.165) is 27.6 Å². The first-order valence-corrected chi connectivity index (χ1v) is 8.62. The Bertz CT molecular complexity index is 877. The van der Waals surface area contributed by atoms with Crippen molar-refractivity contribution in [2.45, 2.75) is 0 Å². The van der Waals surface area contributed by atoms with Crippen LogP contribution in [0.2, 0.25) is 0 Å². The fourth-order valence-corrected chi connectivity index (χ4v) is 3.01. The van der Waals surface area contributed by atoms with E-state index in [9.17, 15) is 0 Å². The molecule has 0 fully saturated rings. The average molecular weight is 357 g/mol. The summed E-state index contributed by atoms with van der Waals surface area (Å²) in [6.07, 6.45) is 3.43. The minimum Gasteiger partial charge on any atom is -0.497 e. The van der Waals surface area contributed by atoms with E-state index >= 15 is 0 Å². The van der Waals surface area contributed by atoms with Gasteiger partial charge in [0, 0.05) is 12.5 Å². The summed E-state index contributed by atoms with van der Waals surface area (Å²) in [5.41, 5.74) is 1.82. The Kier molecular flexibility index (Phi) is 5.81. The van der Waals surface area contributed by atoms with Crippen LogP contribution in [0.4, 0.5) is 0 Å². The molecule has 130 valence electrons. The number of methoxy groups -OCH3 is 2. The Labute approximate surface area is 149 Å². The third kappa shape index (κ3) is 4.26. The van der Waals surface area contributed by atoms with Crippen LogP contribution in [0.1, 0.15) is 5.56 Å². The minimum absolute atomic E-state index is 0.566. The molecule has 3 aromatic rings. The summed E-state index contributed by atoms with van der Waals surface area (Å²) in [4.78, 5) is 5.33. The standard InChI is InChI=1S/C18H19N3O3S/c1-22-11-9-19-18-21(16(13-25-18)17-4-3-10-24-17)20-12-14-5-7-15(23-2)8-6-14/h3-8,10,12-13H,9,11H2,1-2H3. The topological polar surface area (TPSA) is 61.2 Å². The van der Waals surface area contributed by atoms with Crippen molar-refractivity contribution < 1.29 is 13.9 Å². The quantitative estimate of drug-likeness (QED) is 0.482. The van der Waals surface area contributed by atoms with Crippen LogP contribution in [0.25, 0.3) is 11.5 Å². The molecule has 0 aliphatic rings. The molecule has 0 radical (unpaired) electrons. The lowest BCUT2D eigenvalue weighted by Gasteiger charge is -2.01. The first kappa shape index (κ1) is 17.2. The lowest BCUT2D eigenvalue weighted by Crippen LogP contribution is -2.13. The zero-order valence-electron chi connectivity index (χ0n) is 14.1. The molecule has 6 nitrogen and oxygen atoms in total. The molecular weight excluding hydrogens is 338 g/mol. The van der Waals surface area contributed by atoms with Gasteiger partial charge in [0.25, 0.3) is 0 Å². The van der Waals surface area contributed by atoms with Gasteiger partial charge in [-0.3, -0.25) is 4.99 Å². The molecule has 0 amide bonds. The molecule has 0 spiro atoms. The van der Waals surface area contributed by atoms with Gasteiger partial charge in [-0.25, -0.2) is 4.68 Å². The molecule has 0 N–H and O–H groups in total. The second kappa shape index (κ2) is 8.46. The van der Waals surface area contributed by atoms with Gasteiger partial charge in [0.2, 0.25) is 4.80 Å². The molecule has 0 unspecified atom stereocenters. The van der Waals surface area contributed by atoms with Crippen molar-refractivity contribution in [3.63, 3.8) is 0 Å². The highest BCUT2D eigenvalue weighted by Gasteiger charge is 2.09. The predicted octanol–water partition coefficient (Wildman–Crippen LogP) is 3.25. The van der Waals surface area contributed by atoms with E-state index in [1.807, 2.05) is 41.8 Å². The zero-order valence-corrected chi connectivity index (χ0v) is 14.9. The summed E-state index contributed by atoms with van der Waals surface area (Å²) in [6, 6.07) is 11.5. The highest BCUT2D eigenvalue weighted by atomic mass is 32.1. The van der Waals surface area contributed by atoms with E-state index in [2.05, 4.69) is 10.1 Å². The van der Waals surface area contributed by atoms with E-state index < -0.39 is 0 Å². The van der Waals surface area contributed by atoms with Crippen molar-refractivity contribution in [1.82, 2.24) is 4.68 Å². The average Bonchev–Trinajstić information content (AvgIpc) is 3.30. The van der Waals surface area contributed by atoms with Gasteiger partial charge in [-0.1, -0.05) is 0 Å². The first-order valence-electron chi connectivity index (χ1n) is 7.74. The second-order valence-corrected chi connectivity index (χ2v) is 5.92. The highest BCUT2D eigenvalue weighted by molar-refractivity contribution is 7.07. The molecule has 0 bridgehead atoms. The summed E-state index contributed by atoms with van der Waals surface area (Å²) >= 11 is 1.51. The number of ether oxygens (including phenoxy) is 2. The van der Waals surface area contributed by atoms with Gasteiger partial charge in [0.15, 0.2) is 5.76 Å². The van der Waals surface area contributed by atoms with Crippen molar-refractivity contribution in [2.75, 3.05) is 27.4 Å². The van der Waals surface area contributed by atoms with Gasteiger partial charge in [0.1, 0.15) is 11.4 Å². The molecule has 2 heterocycles.